The second-order valence-corrected chi connectivity index (χ2v) is 8.74. The molecule has 0 radical (unpaired) electrons. The van der Waals surface area contributed by atoms with E-state index in [2.05, 4.69) is 38.0 Å². The fourth-order valence-corrected chi connectivity index (χ4v) is 3.65. The lowest BCUT2D eigenvalue weighted by molar-refractivity contribution is 0.0515. The highest BCUT2D eigenvalue weighted by Crippen LogP contribution is 2.44. The Hall–Kier alpha value is -3.33. The van der Waals surface area contributed by atoms with E-state index in [4.69, 9.17) is 23.3 Å². The SMILES string of the molecule is CCCCOc1cc(OCCCC)c(C(C)C)cc1-c1onc(C(=O)OCC)c1-c1cc(CO)no1. The number of carbonyl (C=O) groups is 1. The average Bonchev–Trinajstić information content (AvgIpc) is 3.51. The molecule has 2 heterocycles. The van der Waals surface area contributed by atoms with E-state index in [-0.39, 0.29) is 41.9 Å². The molecule has 0 aliphatic rings. The second-order valence-electron chi connectivity index (χ2n) is 8.74. The molecule has 9 heteroatoms. The summed E-state index contributed by atoms with van der Waals surface area (Å²) in [7, 11) is 0. The largest absolute Gasteiger partial charge is 0.493 e. The third-order valence-electron chi connectivity index (χ3n) is 5.62. The Morgan fingerprint density at radius 2 is 1.67 bits per heavy atom. The molecule has 1 aromatic carbocycles. The van der Waals surface area contributed by atoms with Gasteiger partial charge in [-0.2, -0.15) is 0 Å². The summed E-state index contributed by atoms with van der Waals surface area (Å²) in [4.78, 5) is 12.7. The molecule has 0 spiro atoms. The van der Waals surface area contributed by atoms with Gasteiger partial charge in [0.25, 0.3) is 0 Å². The lowest BCUT2D eigenvalue weighted by atomic mass is 9.95. The first-order valence-electron chi connectivity index (χ1n) is 12.6. The number of benzene rings is 1. The summed E-state index contributed by atoms with van der Waals surface area (Å²) in [5, 5.41) is 17.4. The van der Waals surface area contributed by atoms with Gasteiger partial charge in [0.15, 0.2) is 11.5 Å². The van der Waals surface area contributed by atoms with E-state index in [0.29, 0.717) is 30.2 Å². The van der Waals surface area contributed by atoms with Crippen molar-refractivity contribution >= 4 is 5.97 Å². The lowest BCUT2D eigenvalue weighted by Gasteiger charge is -2.19. The van der Waals surface area contributed by atoms with Gasteiger partial charge in [0.2, 0.25) is 5.69 Å². The number of ether oxygens (including phenoxy) is 3. The highest BCUT2D eigenvalue weighted by atomic mass is 16.5. The van der Waals surface area contributed by atoms with Crippen LogP contribution < -0.4 is 9.47 Å². The minimum absolute atomic E-state index is 0.0404. The van der Waals surface area contributed by atoms with Gasteiger partial charge in [-0.15, -0.1) is 0 Å². The molecule has 196 valence electrons. The zero-order valence-corrected chi connectivity index (χ0v) is 21.8. The van der Waals surface area contributed by atoms with Gasteiger partial charge >= 0.3 is 5.97 Å². The van der Waals surface area contributed by atoms with Crippen molar-refractivity contribution in [1.82, 2.24) is 10.3 Å². The second kappa shape index (κ2) is 13.1. The Kier molecular flexibility index (Phi) is 9.93. The standard InChI is InChI=1S/C27H36N2O7/c1-6-9-11-33-21-15-22(34-12-10-7-2)20(14-19(21)17(4)5)26-24(23-13-18(16-30)28-35-23)25(29-36-26)27(31)32-8-3/h13-15,17,30H,6-12,16H2,1-5H3. The van der Waals surface area contributed by atoms with Crippen LogP contribution in [0.1, 0.15) is 88.0 Å². The number of rotatable bonds is 14. The van der Waals surface area contributed by atoms with Crippen LogP contribution in [0.15, 0.2) is 27.2 Å². The van der Waals surface area contributed by atoms with Gasteiger partial charge in [0.1, 0.15) is 22.8 Å². The van der Waals surface area contributed by atoms with E-state index in [1.54, 1.807) is 13.0 Å². The van der Waals surface area contributed by atoms with Crippen molar-refractivity contribution in [1.29, 1.82) is 0 Å². The molecule has 0 bridgehead atoms. The van der Waals surface area contributed by atoms with Gasteiger partial charge in [-0.25, -0.2) is 4.79 Å². The Morgan fingerprint density at radius 3 is 2.25 bits per heavy atom. The number of aromatic nitrogens is 2. The van der Waals surface area contributed by atoms with Crippen LogP contribution in [0, 0.1) is 0 Å². The van der Waals surface area contributed by atoms with Crippen molar-refractivity contribution in [2.45, 2.75) is 72.8 Å². The maximum absolute atomic E-state index is 12.7. The van der Waals surface area contributed by atoms with Gasteiger partial charge in [-0.05, 0) is 37.3 Å². The Bertz CT molecular complexity index is 1130. The maximum atomic E-state index is 12.7. The van der Waals surface area contributed by atoms with E-state index in [1.165, 1.54) is 0 Å². The van der Waals surface area contributed by atoms with E-state index in [0.717, 1.165) is 37.0 Å². The predicted molar refractivity (Wildman–Crippen MR) is 134 cm³/mol. The number of esters is 1. The van der Waals surface area contributed by atoms with Crippen LogP contribution in [0.5, 0.6) is 11.5 Å². The lowest BCUT2D eigenvalue weighted by Crippen LogP contribution is -2.07. The Morgan fingerprint density at radius 1 is 0.972 bits per heavy atom. The molecule has 0 amide bonds. The van der Waals surface area contributed by atoms with E-state index < -0.39 is 5.97 Å². The van der Waals surface area contributed by atoms with Crippen molar-refractivity contribution in [2.75, 3.05) is 19.8 Å². The van der Waals surface area contributed by atoms with Gasteiger partial charge in [0.05, 0.1) is 32.0 Å². The molecular weight excluding hydrogens is 464 g/mol. The highest BCUT2D eigenvalue weighted by Gasteiger charge is 2.31. The summed E-state index contributed by atoms with van der Waals surface area (Å²) in [6.07, 6.45) is 3.82. The van der Waals surface area contributed by atoms with Gasteiger partial charge < -0.3 is 28.4 Å². The summed E-state index contributed by atoms with van der Waals surface area (Å²) in [5.74, 6) is 1.31. The van der Waals surface area contributed by atoms with Crippen molar-refractivity contribution in [2.24, 2.45) is 0 Å². The number of carbonyl (C=O) groups excluding carboxylic acids is 1. The molecule has 0 fully saturated rings. The first-order chi connectivity index (χ1) is 17.4. The summed E-state index contributed by atoms with van der Waals surface area (Å²) in [6, 6.07) is 5.38. The molecule has 36 heavy (non-hydrogen) atoms. The van der Waals surface area contributed by atoms with E-state index in [1.807, 2.05) is 12.1 Å². The quantitative estimate of drug-likeness (QED) is 0.205. The molecule has 0 atom stereocenters. The third-order valence-corrected chi connectivity index (χ3v) is 5.62. The van der Waals surface area contributed by atoms with Crippen LogP contribution in [0.4, 0.5) is 0 Å². The van der Waals surface area contributed by atoms with Crippen molar-refractivity contribution in [3.63, 3.8) is 0 Å². The number of unbranched alkanes of at least 4 members (excludes halogenated alkanes) is 2. The van der Waals surface area contributed by atoms with Crippen LogP contribution in [0.25, 0.3) is 22.6 Å². The van der Waals surface area contributed by atoms with Gasteiger partial charge in [-0.3, -0.25) is 0 Å². The van der Waals surface area contributed by atoms with Gasteiger partial charge in [0, 0.05) is 12.1 Å². The number of aliphatic hydroxyl groups excluding tert-OH is 1. The first kappa shape index (κ1) is 27.3. The topological polar surface area (TPSA) is 117 Å². The van der Waals surface area contributed by atoms with Crippen molar-refractivity contribution < 1.29 is 33.2 Å². The molecule has 0 unspecified atom stereocenters. The first-order valence-corrected chi connectivity index (χ1v) is 12.6. The number of hydrogen-bond acceptors (Lipinski definition) is 9. The van der Waals surface area contributed by atoms with Gasteiger partial charge in [-0.1, -0.05) is 50.8 Å². The number of nitrogens with zero attached hydrogens (tertiary/aromatic N) is 2. The molecule has 1 N–H and O–H groups in total. The summed E-state index contributed by atoms with van der Waals surface area (Å²) in [6.45, 7) is 11.1. The van der Waals surface area contributed by atoms with Crippen LogP contribution in [-0.4, -0.2) is 41.2 Å². The fraction of sp³-hybridized carbons (Fsp3) is 0.519. The Labute approximate surface area is 211 Å². The van der Waals surface area contributed by atoms with Crippen LogP contribution in [-0.2, 0) is 11.3 Å². The smallest absolute Gasteiger partial charge is 0.361 e. The summed E-state index contributed by atoms with van der Waals surface area (Å²) < 4.78 is 28.7. The fourth-order valence-electron chi connectivity index (χ4n) is 3.65. The predicted octanol–water partition coefficient (Wildman–Crippen LogP) is 6.15. The molecule has 0 aliphatic carbocycles. The zero-order valence-electron chi connectivity index (χ0n) is 21.8. The summed E-state index contributed by atoms with van der Waals surface area (Å²) in [5.41, 5.74) is 2.14. The highest BCUT2D eigenvalue weighted by molar-refractivity contribution is 5.99. The van der Waals surface area contributed by atoms with E-state index >= 15 is 0 Å². The summed E-state index contributed by atoms with van der Waals surface area (Å²) >= 11 is 0. The molecular formula is C27H36N2O7. The van der Waals surface area contributed by atoms with Crippen LogP contribution in [0.2, 0.25) is 0 Å². The molecule has 3 aromatic rings. The van der Waals surface area contributed by atoms with E-state index in [9.17, 15) is 9.90 Å². The normalized spacial score (nSPS) is 11.2. The number of aliphatic hydroxyl groups is 1. The Balaban J connectivity index is 2.21. The molecule has 9 nitrogen and oxygen atoms in total. The van der Waals surface area contributed by atoms with Crippen molar-refractivity contribution in [3.8, 4) is 34.1 Å². The molecule has 0 saturated heterocycles. The molecule has 2 aromatic heterocycles. The monoisotopic (exact) mass is 500 g/mol. The average molecular weight is 501 g/mol. The molecule has 3 rings (SSSR count). The minimum atomic E-state index is -0.651. The molecule has 0 aliphatic heterocycles. The maximum Gasteiger partial charge on any atom is 0.361 e. The zero-order chi connectivity index (χ0) is 26.1. The van der Waals surface area contributed by atoms with Crippen LogP contribution >= 0.6 is 0 Å². The minimum Gasteiger partial charge on any atom is -0.493 e. The number of hydrogen-bond donors (Lipinski definition) is 1. The van der Waals surface area contributed by atoms with Crippen molar-refractivity contribution in [3.05, 3.63) is 35.2 Å². The van der Waals surface area contributed by atoms with Crippen LogP contribution in [0.3, 0.4) is 0 Å². The molecule has 0 saturated carbocycles. The third kappa shape index (κ3) is 6.26.